The molecule has 0 amide bonds. The molecule has 1 aromatic heterocycles. The normalized spacial score (nSPS) is 10.8. The van der Waals surface area contributed by atoms with Crippen molar-refractivity contribution in [3.63, 3.8) is 0 Å². The molecule has 0 saturated carbocycles. The molecule has 0 spiro atoms. The maximum atomic E-state index is 12.6. The molecule has 0 unspecified atom stereocenters. The molecule has 0 saturated heterocycles. The van der Waals surface area contributed by atoms with E-state index < -0.39 is 0 Å². The largest absolute Gasteiger partial charge is 0.493 e. The summed E-state index contributed by atoms with van der Waals surface area (Å²) in [5.41, 5.74) is 1.49. The van der Waals surface area contributed by atoms with Crippen molar-refractivity contribution in [3.05, 3.63) is 68.8 Å². The highest BCUT2D eigenvalue weighted by atomic mass is 35.5. The Morgan fingerprint density at radius 3 is 2.65 bits per heavy atom. The van der Waals surface area contributed by atoms with Gasteiger partial charge in [-0.3, -0.25) is 4.79 Å². The van der Waals surface area contributed by atoms with E-state index in [1.54, 1.807) is 36.4 Å². The first-order valence-corrected chi connectivity index (χ1v) is 8.56. The number of methoxy groups -OCH3 is 1. The first-order valence-electron chi connectivity index (χ1n) is 7.80. The van der Waals surface area contributed by atoms with Gasteiger partial charge in [-0.1, -0.05) is 35.9 Å². The van der Waals surface area contributed by atoms with Gasteiger partial charge in [-0.15, -0.1) is 0 Å². The van der Waals surface area contributed by atoms with Crippen molar-refractivity contribution in [3.8, 4) is 22.8 Å². The number of benzene rings is 2. The topological polar surface area (TPSA) is 48.7 Å². The Morgan fingerprint density at radius 1 is 1.19 bits per heavy atom. The van der Waals surface area contributed by atoms with Crippen molar-refractivity contribution in [1.29, 1.82) is 0 Å². The zero-order valence-corrected chi connectivity index (χ0v) is 15.8. The Balaban J connectivity index is 2.19. The van der Waals surface area contributed by atoms with Crippen LogP contribution in [0.3, 0.4) is 0 Å². The van der Waals surface area contributed by atoms with Gasteiger partial charge in [0.1, 0.15) is 17.2 Å². The summed E-state index contributed by atoms with van der Waals surface area (Å²) in [5, 5.41) is 0.811. The summed E-state index contributed by atoms with van der Waals surface area (Å²) in [4.78, 5) is 12.6. The lowest BCUT2D eigenvalue weighted by Crippen LogP contribution is -2.04. The SMILES string of the molecule is C=CCOc1ccc(-c2oc3cc(C)c(Cl)cc3c(=O)c2Cl)cc1OC. The summed E-state index contributed by atoms with van der Waals surface area (Å²) in [7, 11) is 1.53. The lowest BCUT2D eigenvalue weighted by Gasteiger charge is -2.12. The van der Waals surface area contributed by atoms with Crippen LogP contribution in [0.5, 0.6) is 11.5 Å². The van der Waals surface area contributed by atoms with Crippen molar-refractivity contribution in [2.75, 3.05) is 13.7 Å². The predicted octanol–water partition coefficient (Wildman–Crippen LogP) is 5.65. The van der Waals surface area contributed by atoms with E-state index >= 15 is 0 Å². The summed E-state index contributed by atoms with van der Waals surface area (Å²) in [6, 6.07) is 8.47. The molecule has 0 fully saturated rings. The molecule has 0 bridgehead atoms. The average Bonchev–Trinajstić information content (AvgIpc) is 2.64. The molecule has 134 valence electrons. The maximum Gasteiger partial charge on any atom is 0.211 e. The lowest BCUT2D eigenvalue weighted by atomic mass is 10.1. The lowest BCUT2D eigenvalue weighted by molar-refractivity contribution is 0.326. The van der Waals surface area contributed by atoms with Crippen LogP contribution in [0.1, 0.15) is 5.56 Å². The molecule has 2 aromatic carbocycles. The average molecular weight is 391 g/mol. The molecule has 6 heteroatoms. The Labute approximate surface area is 160 Å². The highest BCUT2D eigenvalue weighted by Gasteiger charge is 2.17. The van der Waals surface area contributed by atoms with Crippen molar-refractivity contribution in [1.82, 2.24) is 0 Å². The van der Waals surface area contributed by atoms with Crippen LogP contribution >= 0.6 is 23.2 Å². The summed E-state index contributed by atoms with van der Waals surface area (Å²) in [6.07, 6.45) is 1.64. The van der Waals surface area contributed by atoms with E-state index in [1.807, 2.05) is 6.92 Å². The highest BCUT2D eigenvalue weighted by Crippen LogP contribution is 2.36. The van der Waals surface area contributed by atoms with Crippen molar-refractivity contribution in [2.45, 2.75) is 6.92 Å². The molecule has 0 aliphatic heterocycles. The van der Waals surface area contributed by atoms with E-state index in [4.69, 9.17) is 37.1 Å². The quantitative estimate of drug-likeness (QED) is 0.528. The number of rotatable bonds is 5. The van der Waals surface area contributed by atoms with Crippen LogP contribution in [0.4, 0.5) is 0 Å². The van der Waals surface area contributed by atoms with Gasteiger partial charge in [0.05, 0.1) is 12.5 Å². The monoisotopic (exact) mass is 390 g/mol. The third kappa shape index (κ3) is 3.30. The first-order chi connectivity index (χ1) is 12.5. The minimum absolute atomic E-state index is 0.0146. The highest BCUT2D eigenvalue weighted by molar-refractivity contribution is 6.34. The first kappa shape index (κ1) is 18.4. The third-order valence-electron chi connectivity index (χ3n) is 3.90. The number of fused-ring (bicyclic) bond motifs is 1. The van der Waals surface area contributed by atoms with E-state index in [2.05, 4.69) is 6.58 Å². The molecule has 3 aromatic rings. The Morgan fingerprint density at radius 2 is 1.96 bits per heavy atom. The van der Waals surface area contributed by atoms with Crippen LogP contribution in [0.2, 0.25) is 10.0 Å². The Bertz CT molecular complexity index is 1050. The molecular formula is C20H16Cl2O4. The van der Waals surface area contributed by atoms with Crippen LogP contribution in [0.15, 0.2) is 52.2 Å². The van der Waals surface area contributed by atoms with Gasteiger partial charge in [-0.2, -0.15) is 0 Å². The van der Waals surface area contributed by atoms with Gasteiger partial charge in [0, 0.05) is 10.6 Å². The second kappa shape index (κ2) is 7.44. The van der Waals surface area contributed by atoms with Crippen LogP contribution in [-0.4, -0.2) is 13.7 Å². The van der Waals surface area contributed by atoms with Crippen LogP contribution in [0.25, 0.3) is 22.3 Å². The Kier molecular flexibility index (Phi) is 5.25. The summed E-state index contributed by atoms with van der Waals surface area (Å²) in [5.74, 6) is 1.31. The molecule has 0 atom stereocenters. The molecule has 0 N–H and O–H groups in total. The van der Waals surface area contributed by atoms with Gasteiger partial charge in [0.25, 0.3) is 0 Å². The number of hydrogen-bond donors (Lipinski definition) is 0. The van der Waals surface area contributed by atoms with Gasteiger partial charge >= 0.3 is 0 Å². The fourth-order valence-electron chi connectivity index (χ4n) is 2.56. The minimum Gasteiger partial charge on any atom is -0.493 e. The molecule has 1 heterocycles. The fraction of sp³-hybridized carbons (Fsp3) is 0.150. The standard InChI is InChI=1S/C20H16Cl2O4/c1-4-7-25-15-6-5-12(9-17(15)24-3)20-18(22)19(23)13-10-14(21)11(2)8-16(13)26-20/h4-6,8-10H,1,7H2,2-3H3. The third-order valence-corrected chi connectivity index (χ3v) is 4.65. The van der Waals surface area contributed by atoms with E-state index in [0.717, 1.165) is 5.56 Å². The number of aryl methyl sites for hydroxylation is 1. The van der Waals surface area contributed by atoms with Gasteiger partial charge in [-0.05, 0) is 42.8 Å². The molecule has 3 rings (SSSR count). The molecule has 26 heavy (non-hydrogen) atoms. The van der Waals surface area contributed by atoms with Crippen molar-refractivity contribution >= 4 is 34.2 Å². The van der Waals surface area contributed by atoms with E-state index in [-0.39, 0.29) is 16.2 Å². The van der Waals surface area contributed by atoms with Gasteiger partial charge in [0.15, 0.2) is 17.3 Å². The van der Waals surface area contributed by atoms with Gasteiger partial charge < -0.3 is 13.9 Å². The maximum absolute atomic E-state index is 12.6. The van der Waals surface area contributed by atoms with Crippen LogP contribution in [0, 0.1) is 6.92 Å². The summed E-state index contributed by atoms with van der Waals surface area (Å²) >= 11 is 12.4. The number of halogens is 2. The second-order valence-corrected chi connectivity index (χ2v) is 6.42. The molecule has 0 aliphatic rings. The van der Waals surface area contributed by atoms with Gasteiger partial charge in [0.2, 0.25) is 5.43 Å². The predicted molar refractivity (Wildman–Crippen MR) is 105 cm³/mol. The van der Waals surface area contributed by atoms with Crippen LogP contribution < -0.4 is 14.9 Å². The molecule has 4 nitrogen and oxygen atoms in total. The van der Waals surface area contributed by atoms with Crippen LogP contribution in [-0.2, 0) is 0 Å². The minimum atomic E-state index is -0.337. The molecular weight excluding hydrogens is 375 g/mol. The van der Waals surface area contributed by atoms with E-state index in [9.17, 15) is 4.79 Å². The second-order valence-electron chi connectivity index (χ2n) is 5.64. The van der Waals surface area contributed by atoms with Gasteiger partial charge in [-0.25, -0.2) is 0 Å². The Hall–Kier alpha value is -2.43. The van der Waals surface area contributed by atoms with Crippen molar-refractivity contribution in [2.24, 2.45) is 0 Å². The van der Waals surface area contributed by atoms with E-state index in [1.165, 1.54) is 7.11 Å². The fourth-order valence-corrected chi connectivity index (χ4v) is 2.97. The van der Waals surface area contributed by atoms with E-state index in [0.29, 0.717) is 39.7 Å². The molecule has 0 aliphatic carbocycles. The number of ether oxygens (including phenoxy) is 2. The number of hydrogen-bond acceptors (Lipinski definition) is 4. The molecule has 0 radical (unpaired) electrons. The zero-order valence-electron chi connectivity index (χ0n) is 14.3. The smallest absolute Gasteiger partial charge is 0.211 e. The summed E-state index contributed by atoms with van der Waals surface area (Å²) in [6.45, 7) is 5.80. The van der Waals surface area contributed by atoms with Crippen molar-refractivity contribution < 1.29 is 13.9 Å². The summed E-state index contributed by atoms with van der Waals surface area (Å²) < 4.78 is 16.8. The zero-order chi connectivity index (χ0) is 18.8.